The van der Waals surface area contributed by atoms with Crippen LogP contribution < -0.4 is 4.74 Å². The Bertz CT molecular complexity index is 1250. The highest BCUT2D eigenvalue weighted by Crippen LogP contribution is 2.30. The molecule has 0 N–H and O–H groups in total. The van der Waals surface area contributed by atoms with Gasteiger partial charge in [-0.25, -0.2) is 14.5 Å². The Labute approximate surface area is 183 Å². The lowest BCUT2D eigenvalue weighted by molar-refractivity contribution is 0.0526. The first-order valence-electron chi connectivity index (χ1n) is 9.69. The Morgan fingerprint density at radius 2 is 2.00 bits per heavy atom. The van der Waals surface area contributed by atoms with E-state index in [0.717, 1.165) is 11.1 Å². The highest BCUT2D eigenvalue weighted by atomic mass is 35.5. The normalized spacial score (nSPS) is 12.2. The van der Waals surface area contributed by atoms with E-state index in [0.29, 0.717) is 27.5 Å². The zero-order valence-electron chi connectivity index (χ0n) is 17.5. The summed E-state index contributed by atoms with van der Waals surface area (Å²) in [4.78, 5) is 21.0. The van der Waals surface area contributed by atoms with Crippen LogP contribution in [-0.4, -0.2) is 49.2 Å². The molecule has 0 spiro atoms. The van der Waals surface area contributed by atoms with Crippen LogP contribution in [0.1, 0.15) is 41.4 Å². The lowest BCUT2D eigenvalue weighted by Gasteiger charge is -2.16. The number of esters is 1. The van der Waals surface area contributed by atoms with Crippen molar-refractivity contribution in [1.82, 2.24) is 29.5 Å². The number of nitrogens with zero attached hydrogens (tertiary/aromatic N) is 6. The van der Waals surface area contributed by atoms with Crippen LogP contribution in [0.2, 0.25) is 5.02 Å². The van der Waals surface area contributed by atoms with Crippen LogP contribution in [0.15, 0.2) is 36.8 Å². The van der Waals surface area contributed by atoms with Gasteiger partial charge in [0.1, 0.15) is 11.0 Å². The molecule has 0 amide bonds. The van der Waals surface area contributed by atoms with Crippen molar-refractivity contribution in [3.05, 3.63) is 58.5 Å². The standard InChI is InChI=1S/C21H21ClN6O3/c1-5-31-20(29)15-9-23-27(11-15)21-25-17-10-24-28(18(17)19(26-21)30-4)13(3)14-6-12(2)7-16(22)8-14/h6-11,13H,5H2,1-4H3/t13-/m1/s1. The van der Waals surface area contributed by atoms with E-state index >= 15 is 0 Å². The summed E-state index contributed by atoms with van der Waals surface area (Å²) in [5.74, 6) is 0.141. The van der Waals surface area contributed by atoms with E-state index in [-0.39, 0.29) is 18.6 Å². The van der Waals surface area contributed by atoms with Gasteiger partial charge in [-0.1, -0.05) is 17.7 Å². The molecule has 31 heavy (non-hydrogen) atoms. The SMILES string of the molecule is CCOC(=O)c1cnn(-c2nc(OC)c3c(cnn3[C@H](C)c3cc(C)cc(Cl)c3)n2)c1. The zero-order chi connectivity index (χ0) is 22.1. The van der Waals surface area contributed by atoms with Gasteiger partial charge in [0.15, 0.2) is 0 Å². The average Bonchev–Trinajstić information content (AvgIpc) is 3.39. The molecule has 0 saturated heterocycles. The molecule has 3 aromatic heterocycles. The molecular weight excluding hydrogens is 420 g/mol. The Hall–Kier alpha value is -3.46. The third-order valence-electron chi connectivity index (χ3n) is 4.81. The highest BCUT2D eigenvalue weighted by Gasteiger charge is 2.21. The van der Waals surface area contributed by atoms with Crippen LogP contribution in [-0.2, 0) is 4.74 Å². The highest BCUT2D eigenvalue weighted by molar-refractivity contribution is 6.30. The molecule has 0 bridgehead atoms. The maximum atomic E-state index is 11.9. The van der Waals surface area contributed by atoms with Crippen molar-refractivity contribution in [3.8, 4) is 11.8 Å². The molecule has 0 aliphatic carbocycles. The number of hydrogen-bond donors (Lipinski definition) is 0. The fourth-order valence-corrected chi connectivity index (χ4v) is 3.65. The second-order valence-corrected chi connectivity index (χ2v) is 7.42. The summed E-state index contributed by atoms with van der Waals surface area (Å²) in [6.45, 7) is 6.04. The Morgan fingerprint density at radius 1 is 1.19 bits per heavy atom. The topological polar surface area (TPSA) is 97.0 Å². The molecule has 0 saturated carbocycles. The fraction of sp³-hybridized carbons (Fsp3) is 0.286. The predicted octanol–water partition coefficient (Wildman–Crippen LogP) is 3.77. The minimum absolute atomic E-state index is 0.127. The molecule has 4 aromatic rings. The molecule has 1 atom stereocenters. The van der Waals surface area contributed by atoms with E-state index < -0.39 is 5.97 Å². The Kier molecular flexibility index (Phi) is 5.60. The number of carbonyl (C=O) groups is 1. The lowest BCUT2D eigenvalue weighted by Crippen LogP contribution is -2.11. The molecule has 3 heterocycles. The first-order valence-corrected chi connectivity index (χ1v) is 10.1. The molecular formula is C21H21ClN6O3. The van der Waals surface area contributed by atoms with Crippen LogP contribution >= 0.6 is 11.6 Å². The Balaban J connectivity index is 1.76. The van der Waals surface area contributed by atoms with Crippen molar-refractivity contribution in [2.45, 2.75) is 26.8 Å². The molecule has 4 rings (SSSR count). The van der Waals surface area contributed by atoms with Crippen LogP contribution in [0, 0.1) is 6.92 Å². The predicted molar refractivity (Wildman–Crippen MR) is 115 cm³/mol. The first-order chi connectivity index (χ1) is 14.9. The van der Waals surface area contributed by atoms with E-state index in [2.05, 4.69) is 26.2 Å². The van der Waals surface area contributed by atoms with Gasteiger partial charge < -0.3 is 9.47 Å². The summed E-state index contributed by atoms with van der Waals surface area (Å²) >= 11 is 6.24. The first kappa shape index (κ1) is 20.8. The largest absolute Gasteiger partial charge is 0.479 e. The van der Waals surface area contributed by atoms with Crippen molar-refractivity contribution in [2.24, 2.45) is 0 Å². The van der Waals surface area contributed by atoms with Gasteiger partial charge in [-0.05, 0) is 44.0 Å². The number of halogens is 1. The molecule has 0 radical (unpaired) electrons. The minimum atomic E-state index is -0.458. The van der Waals surface area contributed by atoms with Crippen molar-refractivity contribution in [2.75, 3.05) is 13.7 Å². The van der Waals surface area contributed by atoms with Crippen molar-refractivity contribution in [3.63, 3.8) is 0 Å². The summed E-state index contributed by atoms with van der Waals surface area (Å²) in [5.41, 5.74) is 3.61. The second-order valence-electron chi connectivity index (χ2n) is 6.99. The lowest BCUT2D eigenvalue weighted by atomic mass is 10.1. The summed E-state index contributed by atoms with van der Waals surface area (Å²) in [7, 11) is 1.53. The van der Waals surface area contributed by atoms with Gasteiger partial charge in [0.05, 0.1) is 37.7 Å². The number of methoxy groups -OCH3 is 1. The smallest absolute Gasteiger partial charge is 0.341 e. The number of fused-ring (bicyclic) bond motifs is 1. The van der Waals surface area contributed by atoms with Crippen molar-refractivity contribution < 1.29 is 14.3 Å². The second kappa shape index (κ2) is 8.35. The molecule has 0 aliphatic rings. The number of benzene rings is 1. The third kappa shape index (κ3) is 3.96. The number of rotatable bonds is 6. The van der Waals surface area contributed by atoms with Crippen LogP contribution in [0.25, 0.3) is 17.0 Å². The fourth-order valence-electron chi connectivity index (χ4n) is 3.36. The monoisotopic (exact) mass is 440 g/mol. The van der Waals surface area contributed by atoms with Gasteiger partial charge in [-0.2, -0.15) is 15.2 Å². The van der Waals surface area contributed by atoms with E-state index in [9.17, 15) is 4.79 Å². The maximum Gasteiger partial charge on any atom is 0.341 e. The maximum absolute atomic E-state index is 11.9. The van der Waals surface area contributed by atoms with Gasteiger partial charge >= 0.3 is 5.97 Å². The summed E-state index contributed by atoms with van der Waals surface area (Å²) in [5, 5.41) is 9.36. The summed E-state index contributed by atoms with van der Waals surface area (Å²) in [6.07, 6.45) is 4.57. The van der Waals surface area contributed by atoms with Gasteiger partial charge in [0.2, 0.25) is 5.88 Å². The molecule has 10 heteroatoms. The molecule has 160 valence electrons. The third-order valence-corrected chi connectivity index (χ3v) is 5.02. The summed E-state index contributed by atoms with van der Waals surface area (Å²) < 4.78 is 13.7. The molecule has 1 aromatic carbocycles. The van der Waals surface area contributed by atoms with Gasteiger partial charge in [0.25, 0.3) is 5.95 Å². The number of aromatic nitrogens is 6. The Morgan fingerprint density at radius 3 is 2.71 bits per heavy atom. The van der Waals surface area contributed by atoms with E-state index in [1.165, 1.54) is 24.2 Å². The van der Waals surface area contributed by atoms with Crippen LogP contribution in [0.5, 0.6) is 5.88 Å². The quantitative estimate of drug-likeness (QED) is 0.421. The van der Waals surface area contributed by atoms with Gasteiger partial charge in [-0.15, -0.1) is 0 Å². The van der Waals surface area contributed by atoms with Gasteiger partial charge in [-0.3, -0.25) is 4.68 Å². The number of hydrogen-bond acceptors (Lipinski definition) is 7. The number of carbonyl (C=O) groups excluding carboxylic acids is 1. The van der Waals surface area contributed by atoms with Crippen LogP contribution in [0.4, 0.5) is 0 Å². The van der Waals surface area contributed by atoms with Crippen molar-refractivity contribution >= 4 is 28.6 Å². The van der Waals surface area contributed by atoms with E-state index in [1.54, 1.807) is 17.8 Å². The zero-order valence-corrected chi connectivity index (χ0v) is 18.3. The molecule has 0 aliphatic heterocycles. The molecule has 0 fully saturated rings. The van der Waals surface area contributed by atoms with Gasteiger partial charge in [0, 0.05) is 11.2 Å². The molecule has 9 nitrogen and oxygen atoms in total. The summed E-state index contributed by atoms with van der Waals surface area (Å²) in [6, 6.07) is 5.75. The van der Waals surface area contributed by atoms with Crippen LogP contribution in [0.3, 0.4) is 0 Å². The number of aryl methyl sites for hydroxylation is 1. The van der Waals surface area contributed by atoms with E-state index in [4.69, 9.17) is 21.1 Å². The van der Waals surface area contributed by atoms with Crippen molar-refractivity contribution in [1.29, 1.82) is 0 Å². The van der Waals surface area contributed by atoms with E-state index in [1.807, 2.05) is 26.0 Å². The average molecular weight is 441 g/mol. The minimum Gasteiger partial charge on any atom is -0.479 e. The molecule has 0 unspecified atom stereocenters. The number of ether oxygens (including phenoxy) is 2.